The Morgan fingerprint density at radius 1 is 1.36 bits per heavy atom. The van der Waals surface area contributed by atoms with Gasteiger partial charge >= 0.3 is 5.97 Å². The molecule has 0 aromatic heterocycles. The summed E-state index contributed by atoms with van der Waals surface area (Å²) >= 11 is 0. The standard InChI is InChI=1S/C11H23NO2/c1-7-9(12(4)5)10(8(2)3)11(13)14-6/h8-10H,7H2,1-6H3. The van der Waals surface area contributed by atoms with Gasteiger partial charge in [-0.05, 0) is 26.4 Å². The fourth-order valence-electron chi connectivity index (χ4n) is 1.95. The third-order valence-electron chi connectivity index (χ3n) is 2.69. The number of nitrogens with zero attached hydrogens (tertiary/aromatic N) is 1. The number of carbonyl (C=O) groups excluding carboxylic acids is 1. The second-order valence-electron chi connectivity index (χ2n) is 4.23. The van der Waals surface area contributed by atoms with E-state index < -0.39 is 0 Å². The number of carbonyl (C=O) groups is 1. The second-order valence-corrected chi connectivity index (χ2v) is 4.23. The summed E-state index contributed by atoms with van der Waals surface area (Å²) in [5, 5.41) is 0. The van der Waals surface area contributed by atoms with E-state index in [9.17, 15) is 4.79 Å². The molecule has 0 aliphatic heterocycles. The van der Waals surface area contributed by atoms with Crippen molar-refractivity contribution in [3.05, 3.63) is 0 Å². The van der Waals surface area contributed by atoms with Gasteiger partial charge in [-0.25, -0.2) is 0 Å². The number of methoxy groups -OCH3 is 1. The first kappa shape index (κ1) is 13.4. The molecule has 0 aliphatic carbocycles. The molecule has 0 saturated carbocycles. The van der Waals surface area contributed by atoms with E-state index in [4.69, 9.17) is 4.74 Å². The highest BCUT2D eigenvalue weighted by Gasteiger charge is 2.31. The van der Waals surface area contributed by atoms with Crippen molar-refractivity contribution in [2.75, 3.05) is 21.2 Å². The summed E-state index contributed by atoms with van der Waals surface area (Å²) in [7, 11) is 5.47. The van der Waals surface area contributed by atoms with Gasteiger partial charge in [-0.2, -0.15) is 0 Å². The van der Waals surface area contributed by atoms with Crippen LogP contribution in [0.1, 0.15) is 27.2 Å². The zero-order valence-corrected chi connectivity index (χ0v) is 10.2. The number of hydrogen-bond acceptors (Lipinski definition) is 3. The van der Waals surface area contributed by atoms with Crippen molar-refractivity contribution < 1.29 is 9.53 Å². The van der Waals surface area contributed by atoms with Crippen molar-refractivity contribution in [3.63, 3.8) is 0 Å². The quantitative estimate of drug-likeness (QED) is 0.635. The number of esters is 1. The first-order chi connectivity index (χ1) is 6.45. The Morgan fingerprint density at radius 2 is 1.86 bits per heavy atom. The van der Waals surface area contributed by atoms with Crippen LogP contribution in [0.5, 0.6) is 0 Å². The van der Waals surface area contributed by atoms with E-state index in [-0.39, 0.29) is 17.9 Å². The SMILES string of the molecule is CCC(C(C(=O)OC)C(C)C)N(C)C. The summed E-state index contributed by atoms with van der Waals surface area (Å²) < 4.78 is 4.84. The molecular weight excluding hydrogens is 178 g/mol. The molecule has 0 aromatic carbocycles. The molecule has 14 heavy (non-hydrogen) atoms. The molecule has 0 aromatic rings. The molecule has 2 atom stereocenters. The van der Waals surface area contributed by atoms with Crippen LogP contribution in [0.3, 0.4) is 0 Å². The summed E-state index contributed by atoms with van der Waals surface area (Å²) in [4.78, 5) is 13.7. The summed E-state index contributed by atoms with van der Waals surface area (Å²) in [5.74, 6) is 0.190. The molecule has 0 radical (unpaired) electrons. The van der Waals surface area contributed by atoms with E-state index in [2.05, 4.69) is 25.7 Å². The van der Waals surface area contributed by atoms with Gasteiger partial charge in [0.2, 0.25) is 0 Å². The maximum absolute atomic E-state index is 11.6. The Labute approximate surface area is 87.4 Å². The fraction of sp³-hybridized carbons (Fsp3) is 0.909. The van der Waals surface area contributed by atoms with Crippen LogP contribution in [0, 0.1) is 11.8 Å². The fourth-order valence-corrected chi connectivity index (χ4v) is 1.95. The Balaban J connectivity index is 4.69. The van der Waals surface area contributed by atoms with Crippen LogP contribution in [-0.2, 0) is 9.53 Å². The Bertz CT molecular complexity index is 178. The monoisotopic (exact) mass is 201 g/mol. The van der Waals surface area contributed by atoms with E-state index in [1.54, 1.807) is 0 Å². The lowest BCUT2D eigenvalue weighted by atomic mass is 9.86. The third-order valence-corrected chi connectivity index (χ3v) is 2.69. The molecule has 3 heteroatoms. The van der Waals surface area contributed by atoms with Gasteiger partial charge in [0, 0.05) is 6.04 Å². The lowest BCUT2D eigenvalue weighted by Crippen LogP contribution is -2.42. The third kappa shape index (κ3) is 3.29. The van der Waals surface area contributed by atoms with Gasteiger partial charge in [-0.15, -0.1) is 0 Å². The molecule has 0 spiro atoms. The minimum atomic E-state index is -0.0967. The van der Waals surface area contributed by atoms with E-state index in [1.807, 2.05) is 14.1 Å². The molecule has 0 aliphatic rings. The average Bonchev–Trinajstić information content (AvgIpc) is 2.11. The van der Waals surface area contributed by atoms with Crippen LogP contribution in [0.15, 0.2) is 0 Å². The predicted molar refractivity (Wildman–Crippen MR) is 58.1 cm³/mol. The molecule has 84 valence electrons. The van der Waals surface area contributed by atoms with Crippen LogP contribution < -0.4 is 0 Å². The summed E-state index contributed by atoms with van der Waals surface area (Å²) in [6.45, 7) is 6.23. The van der Waals surface area contributed by atoms with E-state index >= 15 is 0 Å². The van der Waals surface area contributed by atoms with Crippen LogP contribution in [0.2, 0.25) is 0 Å². The molecule has 2 unspecified atom stereocenters. The van der Waals surface area contributed by atoms with Crippen molar-refractivity contribution in [1.29, 1.82) is 0 Å². The van der Waals surface area contributed by atoms with Gasteiger partial charge in [0.25, 0.3) is 0 Å². The zero-order valence-electron chi connectivity index (χ0n) is 10.2. The van der Waals surface area contributed by atoms with Gasteiger partial charge in [-0.3, -0.25) is 4.79 Å². The van der Waals surface area contributed by atoms with Crippen molar-refractivity contribution >= 4 is 5.97 Å². The largest absolute Gasteiger partial charge is 0.469 e. The number of ether oxygens (including phenoxy) is 1. The van der Waals surface area contributed by atoms with Gasteiger partial charge in [0.1, 0.15) is 0 Å². The first-order valence-electron chi connectivity index (χ1n) is 5.19. The Morgan fingerprint density at radius 3 is 2.07 bits per heavy atom. The molecule has 0 fully saturated rings. The summed E-state index contributed by atoms with van der Waals surface area (Å²) in [6.07, 6.45) is 0.963. The molecule has 3 nitrogen and oxygen atoms in total. The van der Waals surface area contributed by atoms with Crippen molar-refractivity contribution in [3.8, 4) is 0 Å². The van der Waals surface area contributed by atoms with Gasteiger partial charge in [-0.1, -0.05) is 20.8 Å². The normalized spacial score (nSPS) is 15.7. The second kappa shape index (κ2) is 6.02. The molecule has 0 saturated heterocycles. The number of hydrogen-bond donors (Lipinski definition) is 0. The number of rotatable bonds is 5. The molecule has 0 bridgehead atoms. The van der Waals surface area contributed by atoms with E-state index in [0.29, 0.717) is 5.92 Å². The van der Waals surface area contributed by atoms with Gasteiger partial charge in [0.15, 0.2) is 0 Å². The van der Waals surface area contributed by atoms with Crippen LogP contribution in [-0.4, -0.2) is 38.1 Å². The summed E-state index contributed by atoms with van der Waals surface area (Å²) in [6, 6.07) is 0.266. The van der Waals surface area contributed by atoms with Gasteiger partial charge < -0.3 is 9.64 Å². The minimum absolute atomic E-state index is 0.0278. The van der Waals surface area contributed by atoms with Crippen LogP contribution >= 0.6 is 0 Å². The van der Waals surface area contributed by atoms with E-state index in [0.717, 1.165) is 6.42 Å². The van der Waals surface area contributed by atoms with E-state index in [1.165, 1.54) is 7.11 Å². The zero-order chi connectivity index (χ0) is 11.3. The predicted octanol–water partition coefficient (Wildman–Crippen LogP) is 1.77. The highest BCUT2D eigenvalue weighted by molar-refractivity contribution is 5.73. The highest BCUT2D eigenvalue weighted by Crippen LogP contribution is 2.22. The van der Waals surface area contributed by atoms with Crippen molar-refractivity contribution in [2.24, 2.45) is 11.8 Å². The van der Waals surface area contributed by atoms with Gasteiger partial charge in [0.05, 0.1) is 13.0 Å². The maximum Gasteiger partial charge on any atom is 0.310 e. The Kier molecular flexibility index (Phi) is 5.77. The molecule has 0 heterocycles. The molecule has 0 amide bonds. The lowest BCUT2D eigenvalue weighted by Gasteiger charge is -2.32. The molecular formula is C11H23NO2. The smallest absolute Gasteiger partial charge is 0.310 e. The maximum atomic E-state index is 11.6. The minimum Gasteiger partial charge on any atom is -0.469 e. The topological polar surface area (TPSA) is 29.5 Å². The average molecular weight is 201 g/mol. The lowest BCUT2D eigenvalue weighted by molar-refractivity contribution is -0.149. The van der Waals surface area contributed by atoms with Crippen LogP contribution in [0.25, 0.3) is 0 Å². The molecule has 0 N–H and O–H groups in total. The molecule has 0 rings (SSSR count). The van der Waals surface area contributed by atoms with Crippen LogP contribution in [0.4, 0.5) is 0 Å². The Hall–Kier alpha value is -0.570. The van der Waals surface area contributed by atoms with Crippen molar-refractivity contribution in [1.82, 2.24) is 4.90 Å². The highest BCUT2D eigenvalue weighted by atomic mass is 16.5. The van der Waals surface area contributed by atoms with Crippen molar-refractivity contribution in [2.45, 2.75) is 33.2 Å². The summed E-state index contributed by atoms with van der Waals surface area (Å²) in [5.41, 5.74) is 0. The first-order valence-corrected chi connectivity index (χ1v) is 5.19.